The van der Waals surface area contributed by atoms with E-state index in [1.165, 1.54) is 0 Å². The lowest BCUT2D eigenvalue weighted by Crippen LogP contribution is -1.95. The minimum Gasteiger partial charge on any atom is -0.497 e. The highest BCUT2D eigenvalue weighted by Crippen LogP contribution is 2.24. The van der Waals surface area contributed by atoms with Crippen LogP contribution in [0.15, 0.2) is 60.1 Å². The lowest BCUT2D eigenvalue weighted by Gasteiger charge is -2.03. The maximum atomic E-state index is 5.26. The van der Waals surface area contributed by atoms with Crippen molar-refractivity contribution < 1.29 is 4.74 Å². The number of aromatic nitrogens is 4. The molecule has 4 aromatic rings. The van der Waals surface area contributed by atoms with Crippen LogP contribution in [0.2, 0.25) is 0 Å². The summed E-state index contributed by atoms with van der Waals surface area (Å²) >= 11 is 0. The van der Waals surface area contributed by atoms with Crippen LogP contribution in [0.5, 0.6) is 5.75 Å². The van der Waals surface area contributed by atoms with E-state index in [1.807, 2.05) is 55.8 Å². The van der Waals surface area contributed by atoms with Gasteiger partial charge in [-0.2, -0.15) is 5.10 Å². The van der Waals surface area contributed by atoms with Crippen molar-refractivity contribution in [3.05, 3.63) is 66.2 Å². The molecule has 1 aromatic carbocycles. The molecule has 0 radical (unpaired) electrons. The van der Waals surface area contributed by atoms with E-state index in [2.05, 4.69) is 20.2 Å². The van der Waals surface area contributed by atoms with Crippen LogP contribution in [-0.4, -0.2) is 33.0 Å². The van der Waals surface area contributed by atoms with Crippen molar-refractivity contribution >= 4 is 16.6 Å². The Morgan fingerprint density at radius 3 is 2.92 bits per heavy atom. The van der Waals surface area contributed by atoms with Gasteiger partial charge in [-0.25, -0.2) is 0 Å². The highest BCUT2D eigenvalue weighted by Gasteiger charge is 2.09. The van der Waals surface area contributed by atoms with Crippen LogP contribution in [0.3, 0.4) is 0 Å². The van der Waals surface area contributed by atoms with Gasteiger partial charge in [-0.15, -0.1) is 0 Å². The normalized spacial score (nSPS) is 11.8. The number of rotatable bonds is 5. The highest BCUT2D eigenvalue weighted by molar-refractivity contribution is 6.09. The molecule has 0 aliphatic heterocycles. The molecule has 130 valence electrons. The van der Waals surface area contributed by atoms with Gasteiger partial charge in [-0.05, 0) is 30.7 Å². The molecule has 0 saturated heterocycles. The SMILES string of the molecule is COc1cccc(CN=C(C)c2c[nH]c3cc(-c4cn[nH]c4)ncc23)c1. The summed E-state index contributed by atoms with van der Waals surface area (Å²) in [7, 11) is 1.67. The third-order valence-corrected chi connectivity index (χ3v) is 4.38. The molecular weight excluding hydrogens is 326 g/mol. The molecule has 0 aliphatic rings. The summed E-state index contributed by atoms with van der Waals surface area (Å²) in [6.07, 6.45) is 7.46. The summed E-state index contributed by atoms with van der Waals surface area (Å²) in [5.74, 6) is 0.846. The molecule has 26 heavy (non-hydrogen) atoms. The van der Waals surface area contributed by atoms with E-state index < -0.39 is 0 Å². The van der Waals surface area contributed by atoms with Gasteiger partial charge in [-0.3, -0.25) is 15.1 Å². The fourth-order valence-electron chi connectivity index (χ4n) is 2.93. The zero-order chi connectivity index (χ0) is 17.9. The molecule has 3 heterocycles. The third-order valence-electron chi connectivity index (χ3n) is 4.38. The molecule has 3 aromatic heterocycles. The topological polar surface area (TPSA) is 79.0 Å². The average Bonchev–Trinajstić information content (AvgIpc) is 3.35. The second kappa shape index (κ2) is 6.84. The number of nitrogens with zero attached hydrogens (tertiary/aromatic N) is 3. The van der Waals surface area contributed by atoms with Crippen molar-refractivity contribution in [3.63, 3.8) is 0 Å². The lowest BCUT2D eigenvalue weighted by atomic mass is 10.1. The molecular formula is C20H19N5O. The van der Waals surface area contributed by atoms with E-state index in [0.717, 1.165) is 44.7 Å². The fraction of sp³-hybridized carbons (Fsp3) is 0.150. The second-order valence-electron chi connectivity index (χ2n) is 6.06. The molecule has 0 bridgehead atoms. The van der Waals surface area contributed by atoms with Gasteiger partial charge in [0.1, 0.15) is 5.75 Å². The molecule has 0 unspecified atom stereocenters. The maximum Gasteiger partial charge on any atom is 0.119 e. The number of aliphatic imine (C=N–C) groups is 1. The highest BCUT2D eigenvalue weighted by atomic mass is 16.5. The van der Waals surface area contributed by atoms with Crippen molar-refractivity contribution in [2.24, 2.45) is 4.99 Å². The summed E-state index contributed by atoms with van der Waals surface area (Å²) < 4.78 is 5.26. The molecule has 0 amide bonds. The second-order valence-corrected chi connectivity index (χ2v) is 6.06. The van der Waals surface area contributed by atoms with Crippen LogP contribution in [0.1, 0.15) is 18.1 Å². The largest absolute Gasteiger partial charge is 0.497 e. The van der Waals surface area contributed by atoms with E-state index >= 15 is 0 Å². The first-order chi connectivity index (χ1) is 12.7. The standard InChI is InChI=1S/C20H19N5O/c1-13(21-8-14-4-3-5-16(6-14)26-2)17-11-23-20-7-19(22-12-18(17)20)15-9-24-25-10-15/h3-7,9-12,23H,8H2,1-2H3,(H,24,25). The zero-order valence-electron chi connectivity index (χ0n) is 14.7. The van der Waals surface area contributed by atoms with E-state index in [1.54, 1.807) is 13.3 Å². The fourth-order valence-corrected chi connectivity index (χ4v) is 2.93. The summed E-state index contributed by atoms with van der Waals surface area (Å²) in [4.78, 5) is 12.6. The third kappa shape index (κ3) is 3.09. The van der Waals surface area contributed by atoms with Crippen LogP contribution < -0.4 is 4.74 Å². The number of aromatic amines is 2. The predicted molar refractivity (Wildman–Crippen MR) is 103 cm³/mol. The molecule has 0 aliphatic carbocycles. The monoisotopic (exact) mass is 345 g/mol. The van der Waals surface area contributed by atoms with Crippen LogP contribution in [0.4, 0.5) is 0 Å². The molecule has 6 nitrogen and oxygen atoms in total. The van der Waals surface area contributed by atoms with E-state index in [9.17, 15) is 0 Å². The smallest absolute Gasteiger partial charge is 0.119 e. The summed E-state index contributed by atoms with van der Waals surface area (Å²) in [6.45, 7) is 2.63. The number of fused-ring (bicyclic) bond motifs is 1. The van der Waals surface area contributed by atoms with Crippen LogP contribution in [0, 0.1) is 0 Å². The van der Waals surface area contributed by atoms with Gasteiger partial charge in [0.05, 0.1) is 25.5 Å². The van der Waals surface area contributed by atoms with Gasteiger partial charge < -0.3 is 9.72 Å². The van der Waals surface area contributed by atoms with Crippen molar-refractivity contribution in [1.29, 1.82) is 0 Å². The molecule has 4 rings (SSSR count). The Bertz CT molecular complexity index is 1060. The molecule has 0 saturated carbocycles. The summed E-state index contributed by atoms with van der Waals surface area (Å²) in [6, 6.07) is 9.99. The van der Waals surface area contributed by atoms with Gasteiger partial charge in [0.2, 0.25) is 0 Å². The van der Waals surface area contributed by atoms with E-state index in [4.69, 9.17) is 9.73 Å². The first-order valence-corrected chi connectivity index (χ1v) is 8.35. The Balaban J connectivity index is 1.61. The quantitative estimate of drug-likeness (QED) is 0.537. The number of nitrogens with one attached hydrogen (secondary N) is 2. The number of H-pyrrole nitrogens is 2. The van der Waals surface area contributed by atoms with Crippen molar-refractivity contribution in [3.8, 4) is 17.0 Å². The first kappa shape index (κ1) is 16.1. The average molecular weight is 345 g/mol. The number of methoxy groups -OCH3 is 1. The van der Waals surface area contributed by atoms with Crippen molar-refractivity contribution in [2.75, 3.05) is 7.11 Å². The van der Waals surface area contributed by atoms with E-state index in [-0.39, 0.29) is 0 Å². The number of hydrogen-bond donors (Lipinski definition) is 2. The molecule has 0 atom stereocenters. The minimum atomic E-state index is 0.607. The Morgan fingerprint density at radius 1 is 1.19 bits per heavy atom. The Morgan fingerprint density at radius 2 is 2.12 bits per heavy atom. The Hall–Kier alpha value is -3.41. The summed E-state index contributed by atoms with van der Waals surface area (Å²) in [5.41, 5.74) is 6.02. The molecule has 2 N–H and O–H groups in total. The molecule has 0 spiro atoms. The molecule has 0 fully saturated rings. The van der Waals surface area contributed by atoms with Crippen LogP contribution in [0.25, 0.3) is 22.2 Å². The number of ether oxygens (including phenoxy) is 1. The van der Waals surface area contributed by atoms with Crippen LogP contribution in [-0.2, 0) is 6.54 Å². The van der Waals surface area contributed by atoms with Gasteiger partial charge >= 0.3 is 0 Å². The number of benzene rings is 1. The Labute approximate surface area is 151 Å². The molecule has 6 heteroatoms. The van der Waals surface area contributed by atoms with Crippen molar-refractivity contribution in [2.45, 2.75) is 13.5 Å². The predicted octanol–water partition coefficient (Wildman–Crippen LogP) is 3.97. The van der Waals surface area contributed by atoms with Gasteiger partial charge in [0.25, 0.3) is 0 Å². The summed E-state index contributed by atoms with van der Waals surface area (Å²) in [5, 5.41) is 7.85. The lowest BCUT2D eigenvalue weighted by molar-refractivity contribution is 0.414. The van der Waals surface area contributed by atoms with Crippen molar-refractivity contribution in [1.82, 2.24) is 20.2 Å². The van der Waals surface area contributed by atoms with Gasteiger partial charge in [0, 0.05) is 46.3 Å². The number of hydrogen-bond acceptors (Lipinski definition) is 4. The maximum absolute atomic E-state index is 5.26. The van der Waals surface area contributed by atoms with Gasteiger partial charge in [0.15, 0.2) is 0 Å². The minimum absolute atomic E-state index is 0.607. The zero-order valence-corrected chi connectivity index (χ0v) is 14.7. The first-order valence-electron chi connectivity index (χ1n) is 8.35. The van der Waals surface area contributed by atoms with Gasteiger partial charge in [-0.1, -0.05) is 12.1 Å². The Kier molecular flexibility index (Phi) is 4.23. The van der Waals surface area contributed by atoms with E-state index in [0.29, 0.717) is 6.54 Å². The van der Waals surface area contributed by atoms with Crippen LogP contribution >= 0.6 is 0 Å². The number of pyridine rings is 1.